The Morgan fingerprint density at radius 3 is 2.62 bits per heavy atom. The maximum Gasteiger partial charge on any atom is 0.338 e. The second kappa shape index (κ2) is 6.21. The number of hydrogen-bond acceptors (Lipinski definition) is 6. The first-order valence-corrected chi connectivity index (χ1v) is 6.30. The van der Waals surface area contributed by atoms with E-state index >= 15 is 0 Å². The molecule has 1 aromatic rings. The zero-order chi connectivity index (χ0) is 15.4. The SMILES string of the molecule is COC(=O)c1ccc(OCC(=O)N2CCC2)c([N+](=O)[O-])c1. The van der Waals surface area contributed by atoms with Gasteiger partial charge in [0.2, 0.25) is 0 Å². The Bertz CT molecular complexity index is 582. The molecule has 1 aromatic carbocycles. The summed E-state index contributed by atoms with van der Waals surface area (Å²) < 4.78 is 9.70. The van der Waals surface area contributed by atoms with E-state index in [1.54, 1.807) is 4.90 Å². The van der Waals surface area contributed by atoms with Gasteiger partial charge in [-0.25, -0.2) is 4.79 Å². The van der Waals surface area contributed by atoms with Crippen LogP contribution in [0, 0.1) is 10.1 Å². The molecule has 1 heterocycles. The van der Waals surface area contributed by atoms with Crippen molar-refractivity contribution in [2.75, 3.05) is 26.8 Å². The van der Waals surface area contributed by atoms with Gasteiger partial charge in [-0.05, 0) is 18.6 Å². The number of carbonyl (C=O) groups is 2. The lowest BCUT2D eigenvalue weighted by Gasteiger charge is -2.30. The van der Waals surface area contributed by atoms with Gasteiger partial charge in [-0.15, -0.1) is 0 Å². The van der Waals surface area contributed by atoms with E-state index in [0.717, 1.165) is 12.5 Å². The van der Waals surface area contributed by atoms with E-state index < -0.39 is 10.9 Å². The number of likely N-dealkylation sites (tertiary alicyclic amines) is 1. The zero-order valence-electron chi connectivity index (χ0n) is 11.4. The van der Waals surface area contributed by atoms with Crippen LogP contribution in [0.3, 0.4) is 0 Å². The molecule has 0 saturated carbocycles. The summed E-state index contributed by atoms with van der Waals surface area (Å²) in [5.74, 6) is -0.949. The maximum atomic E-state index is 11.7. The molecule has 0 bridgehead atoms. The summed E-state index contributed by atoms with van der Waals surface area (Å²) in [7, 11) is 1.18. The Balaban J connectivity index is 2.12. The van der Waals surface area contributed by atoms with Crippen molar-refractivity contribution in [3.8, 4) is 5.75 Å². The van der Waals surface area contributed by atoms with Gasteiger partial charge < -0.3 is 14.4 Å². The number of nitro groups is 1. The highest BCUT2D eigenvalue weighted by Crippen LogP contribution is 2.28. The standard InChI is InChI=1S/C13H14N2O6/c1-20-13(17)9-3-4-11(10(7-9)15(18)19)21-8-12(16)14-5-2-6-14/h3-4,7H,2,5-6,8H2,1H3. The van der Waals surface area contributed by atoms with Gasteiger partial charge in [0, 0.05) is 19.2 Å². The Morgan fingerprint density at radius 2 is 2.10 bits per heavy atom. The molecule has 0 aromatic heterocycles. The van der Waals surface area contributed by atoms with Crippen LogP contribution in [0.5, 0.6) is 5.75 Å². The van der Waals surface area contributed by atoms with Crippen LogP contribution in [0.2, 0.25) is 0 Å². The minimum atomic E-state index is -0.679. The lowest BCUT2D eigenvalue weighted by atomic mass is 10.2. The number of carbonyl (C=O) groups excluding carboxylic acids is 2. The van der Waals surface area contributed by atoms with Crippen LogP contribution in [-0.2, 0) is 9.53 Å². The number of hydrogen-bond donors (Lipinski definition) is 0. The van der Waals surface area contributed by atoms with Crippen LogP contribution in [-0.4, -0.2) is 48.5 Å². The number of rotatable bonds is 5. The molecule has 0 aliphatic carbocycles. The van der Waals surface area contributed by atoms with Gasteiger partial charge in [0.05, 0.1) is 17.6 Å². The van der Waals surface area contributed by atoms with Crippen LogP contribution >= 0.6 is 0 Å². The van der Waals surface area contributed by atoms with Gasteiger partial charge in [-0.3, -0.25) is 14.9 Å². The largest absolute Gasteiger partial charge is 0.477 e. The van der Waals surface area contributed by atoms with Gasteiger partial charge in [-0.2, -0.15) is 0 Å². The van der Waals surface area contributed by atoms with Gasteiger partial charge in [0.1, 0.15) is 0 Å². The lowest BCUT2D eigenvalue weighted by Crippen LogP contribution is -2.44. The molecule has 21 heavy (non-hydrogen) atoms. The molecule has 1 saturated heterocycles. The predicted molar refractivity (Wildman–Crippen MR) is 71.1 cm³/mol. The van der Waals surface area contributed by atoms with E-state index in [2.05, 4.69) is 4.74 Å². The number of amides is 1. The maximum absolute atomic E-state index is 11.7. The zero-order valence-corrected chi connectivity index (χ0v) is 11.4. The van der Waals surface area contributed by atoms with E-state index in [1.165, 1.54) is 19.2 Å². The number of nitrogens with zero attached hydrogens (tertiary/aromatic N) is 2. The Kier molecular flexibility index (Phi) is 4.36. The van der Waals surface area contributed by atoms with Crippen LogP contribution in [0.1, 0.15) is 16.8 Å². The molecule has 8 nitrogen and oxygen atoms in total. The highest BCUT2D eigenvalue weighted by Gasteiger charge is 2.23. The van der Waals surface area contributed by atoms with Crippen molar-refractivity contribution in [1.29, 1.82) is 0 Å². The minimum absolute atomic E-state index is 0.0469. The summed E-state index contributed by atoms with van der Waals surface area (Å²) in [5.41, 5.74) is -0.333. The molecule has 1 amide bonds. The molecule has 1 aliphatic heterocycles. The molecule has 112 valence electrons. The van der Waals surface area contributed by atoms with E-state index in [1.807, 2.05) is 0 Å². The summed E-state index contributed by atoms with van der Waals surface area (Å²) in [6.45, 7) is 1.11. The topological polar surface area (TPSA) is 99.0 Å². The molecule has 1 aliphatic rings. The molecular weight excluding hydrogens is 280 g/mol. The molecule has 0 unspecified atom stereocenters. The second-order valence-corrected chi connectivity index (χ2v) is 4.45. The van der Waals surface area contributed by atoms with Gasteiger partial charge in [-0.1, -0.05) is 0 Å². The molecule has 0 radical (unpaired) electrons. The van der Waals surface area contributed by atoms with Crippen LogP contribution in [0.15, 0.2) is 18.2 Å². The predicted octanol–water partition coefficient (Wildman–Crippen LogP) is 0.992. The first kappa shape index (κ1) is 14.8. The van der Waals surface area contributed by atoms with Crippen molar-refractivity contribution in [3.63, 3.8) is 0 Å². The van der Waals surface area contributed by atoms with Crippen molar-refractivity contribution >= 4 is 17.6 Å². The van der Waals surface area contributed by atoms with Crippen molar-refractivity contribution in [1.82, 2.24) is 4.90 Å². The average molecular weight is 294 g/mol. The molecular formula is C13H14N2O6. The third kappa shape index (κ3) is 3.28. The molecule has 0 spiro atoms. The molecule has 0 N–H and O–H groups in total. The fourth-order valence-corrected chi connectivity index (χ4v) is 1.82. The number of ether oxygens (including phenoxy) is 2. The van der Waals surface area contributed by atoms with Crippen molar-refractivity contribution in [3.05, 3.63) is 33.9 Å². The highest BCUT2D eigenvalue weighted by molar-refractivity contribution is 5.90. The Hall–Kier alpha value is -2.64. The molecule has 8 heteroatoms. The van der Waals surface area contributed by atoms with Crippen LogP contribution in [0.4, 0.5) is 5.69 Å². The normalized spacial score (nSPS) is 13.3. The summed E-state index contributed by atoms with van der Waals surface area (Å²) in [6, 6.07) is 3.70. The monoisotopic (exact) mass is 294 g/mol. The minimum Gasteiger partial charge on any atom is -0.477 e. The van der Waals surface area contributed by atoms with E-state index in [4.69, 9.17) is 4.74 Å². The lowest BCUT2D eigenvalue weighted by molar-refractivity contribution is -0.385. The number of benzene rings is 1. The number of methoxy groups -OCH3 is 1. The van der Waals surface area contributed by atoms with Crippen molar-refractivity contribution < 1.29 is 24.0 Å². The quantitative estimate of drug-likeness (QED) is 0.456. The summed E-state index contributed by atoms with van der Waals surface area (Å²) in [5, 5.41) is 11.0. The fourth-order valence-electron chi connectivity index (χ4n) is 1.82. The molecule has 1 fully saturated rings. The van der Waals surface area contributed by atoms with Crippen molar-refractivity contribution in [2.45, 2.75) is 6.42 Å². The van der Waals surface area contributed by atoms with E-state index in [0.29, 0.717) is 13.1 Å². The highest BCUT2D eigenvalue weighted by atomic mass is 16.6. The van der Waals surface area contributed by atoms with Crippen LogP contribution in [0.25, 0.3) is 0 Å². The Morgan fingerprint density at radius 1 is 1.38 bits per heavy atom. The van der Waals surface area contributed by atoms with E-state index in [-0.39, 0.29) is 29.5 Å². The molecule has 0 atom stereocenters. The van der Waals surface area contributed by atoms with E-state index in [9.17, 15) is 19.7 Å². The van der Waals surface area contributed by atoms with Gasteiger partial charge in [0.25, 0.3) is 5.91 Å². The fraction of sp³-hybridized carbons (Fsp3) is 0.385. The Labute approximate surface area is 120 Å². The first-order valence-electron chi connectivity index (χ1n) is 6.30. The first-order chi connectivity index (χ1) is 10.0. The second-order valence-electron chi connectivity index (χ2n) is 4.45. The summed E-state index contributed by atoms with van der Waals surface area (Å²) in [6.07, 6.45) is 0.958. The average Bonchev–Trinajstić information content (AvgIpc) is 2.42. The summed E-state index contributed by atoms with van der Waals surface area (Å²) in [4.78, 5) is 35.0. The van der Waals surface area contributed by atoms with Gasteiger partial charge >= 0.3 is 11.7 Å². The van der Waals surface area contributed by atoms with Crippen LogP contribution < -0.4 is 4.74 Å². The molecule has 2 rings (SSSR count). The van der Waals surface area contributed by atoms with Gasteiger partial charge in [0.15, 0.2) is 12.4 Å². The van der Waals surface area contributed by atoms with Crippen molar-refractivity contribution in [2.24, 2.45) is 0 Å². The number of nitro benzene ring substituents is 1. The third-order valence-electron chi connectivity index (χ3n) is 3.14. The smallest absolute Gasteiger partial charge is 0.338 e. The summed E-state index contributed by atoms with van der Waals surface area (Å²) >= 11 is 0. The number of esters is 1. The third-order valence-corrected chi connectivity index (χ3v) is 3.14.